The average molecular weight is 266 g/mol. The first-order valence-corrected chi connectivity index (χ1v) is 6.49. The molecule has 0 aliphatic heterocycles. The van der Waals surface area contributed by atoms with Gasteiger partial charge in [-0.15, -0.1) is 0 Å². The van der Waals surface area contributed by atoms with Gasteiger partial charge in [0, 0.05) is 24.8 Å². The van der Waals surface area contributed by atoms with Gasteiger partial charge in [-0.25, -0.2) is 0 Å². The highest BCUT2D eigenvalue weighted by Gasteiger charge is 2.08. The standard InChI is InChI=1S/C17H18N2O/c1-13-7-8-17(20-3)15(9-13)12-19(2)16-6-4-5-14(10-16)11-18/h4-10H,12H2,1-3H3. The number of nitriles is 1. The van der Waals surface area contributed by atoms with Crippen LogP contribution in [-0.2, 0) is 6.54 Å². The van der Waals surface area contributed by atoms with Gasteiger partial charge >= 0.3 is 0 Å². The number of anilines is 1. The minimum atomic E-state index is 0.672. The van der Waals surface area contributed by atoms with E-state index >= 15 is 0 Å². The van der Waals surface area contributed by atoms with Crippen LogP contribution in [0.4, 0.5) is 5.69 Å². The van der Waals surface area contributed by atoms with Gasteiger partial charge in [0.2, 0.25) is 0 Å². The highest BCUT2D eigenvalue weighted by Crippen LogP contribution is 2.24. The van der Waals surface area contributed by atoms with Gasteiger partial charge in [0.1, 0.15) is 5.75 Å². The van der Waals surface area contributed by atoms with Gasteiger partial charge < -0.3 is 9.64 Å². The Hall–Kier alpha value is -2.47. The third-order valence-corrected chi connectivity index (χ3v) is 3.26. The SMILES string of the molecule is COc1ccc(C)cc1CN(C)c1cccc(C#N)c1. The van der Waals surface area contributed by atoms with Crippen molar-refractivity contribution in [1.29, 1.82) is 5.26 Å². The maximum Gasteiger partial charge on any atom is 0.123 e. The summed E-state index contributed by atoms with van der Waals surface area (Å²) in [6.45, 7) is 2.80. The number of hydrogen-bond acceptors (Lipinski definition) is 3. The fraction of sp³-hybridized carbons (Fsp3) is 0.235. The Bertz CT molecular complexity index is 644. The van der Waals surface area contributed by atoms with E-state index in [-0.39, 0.29) is 0 Å². The van der Waals surface area contributed by atoms with Crippen molar-refractivity contribution in [2.45, 2.75) is 13.5 Å². The third kappa shape index (κ3) is 3.10. The van der Waals surface area contributed by atoms with Crippen molar-refractivity contribution in [1.82, 2.24) is 0 Å². The van der Waals surface area contributed by atoms with Gasteiger partial charge in [0.25, 0.3) is 0 Å². The van der Waals surface area contributed by atoms with Gasteiger partial charge in [-0.2, -0.15) is 5.26 Å². The summed E-state index contributed by atoms with van der Waals surface area (Å²) in [6, 6.07) is 15.9. The third-order valence-electron chi connectivity index (χ3n) is 3.26. The first kappa shape index (κ1) is 14.0. The molecule has 0 N–H and O–H groups in total. The molecule has 2 aromatic carbocycles. The number of hydrogen-bond donors (Lipinski definition) is 0. The summed E-state index contributed by atoms with van der Waals surface area (Å²) in [5.41, 5.74) is 4.04. The van der Waals surface area contributed by atoms with E-state index in [0.717, 1.165) is 23.5 Å². The van der Waals surface area contributed by atoms with Crippen molar-refractivity contribution in [3.8, 4) is 11.8 Å². The molecule has 20 heavy (non-hydrogen) atoms. The Morgan fingerprint density at radius 1 is 1.20 bits per heavy atom. The lowest BCUT2D eigenvalue weighted by Gasteiger charge is -2.21. The maximum atomic E-state index is 8.96. The first-order chi connectivity index (χ1) is 9.63. The molecule has 0 spiro atoms. The minimum Gasteiger partial charge on any atom is -0.496 e. The molecule has 0 bridgehead atoms. The van der Waals surface area contributed by atoms with E-state index < -0.39 is 0 Å². The van der Waals surface area contributed by atoms with Crippen LogP contribution in [0.25, 0.3) is 0 Å². The van der Waals surface area contributed by atoms with Crippen molar-refractivity contribution in [2.24, 2.45) is 0 Å². The molecule has 3 nitrogen and oxygen atoms in total. The zero-order chi connectivity index (χ0) is 14.5. The van der Waals surface area contributed by atoms with Crippen molar-refractivity contribution in [3.63, 3.8) is 0 Å². The highest BCUT2D eigenvalue weighted by molar-refractivity contribution is 5.52. The van der Waals surface area contributed by atoms with Crippen LogP contribution in [0.2, 0.25) is 0 Å². The molecule has 0 aliphatic rings. The topological polar surface area (TPSA) is 36.3 Å². The number of rotatable bonds is 4. The summed E-state index contributed by atoms with van der Waals surface area (Å²) >= 11 is 0. The molecule has 0 heterocycles. The van der Waals surface area contributed by atoms with E-state index in [1.54, 1.807) is 7.11 Å². The van der Waals surface area contributed by atoms with Crippen LogP contribution in [0.3, 0.4) is 0 Å². The largest absolute Gasteiger partial charge is 0.496 e. The Labute approximate surface area is 120 Å². The van der Waals surface area contributed by atoms with Crippen molar-refractivity contribution < 1.29 is 4.74 Å². The molecular formula is C17H18N2O. The quantitative estimate of drug-likeness (QED) is 0.849. The summed E-state index contributed by atoms with van der Waals surface area (Å²) in [5.74, 6) is 0.888. The van der Waals surface area contributed by atoms with Gasteiger partial charge in [0.15, 0.2) is 0 Å². The zero-order valence-corrected chi connectivity index (χ0v) is 12.1. The second-order valence-electron chi connectivity index (χ2n) is 4.83. The van der Waals surface area contributed by atoms with Gasteiger partial charge in [-0.05, 0) is 31.2 Å². The van der Waals surface area contributed by atoms with E-state index in [1.165, 1.54) is 5.56 Å². The summed E-state index contributed by atoms with van der Waals surface area (Å²) in [6.07, 6.45) is 0. The zero-order valence-electron chi connectivity index (χ0n) is 12.1. The molecule has 3 heteroatoms. The van der Waals surface area contributed by atoms with E-state index in [2.05, 4.69) is 24.0 Å². The van der Waals surface area contributed by atoms with Crippen LogP contribution in [0.1, 0.15) is 16.7 Å². The molecule has 0 fully saturated rings. The van der Waals surface area contributed by atoms with E-state index in [0.29, 0.717) is 5.56 Å². The molecule has 0 unspecified atom stereocenters. The maximum absolute atomic E-state index is 8.96. The Morgan fingerprint density at radius 3 is 2.70 bits per heavy atom. The summed E-state index contributed by atoms with van der Waals surface area (Å²) in [4.78, 5) is 2.11. The normalized spacial score (nSPS) is 9.90. The van der Waals surface area contributed by atoms with E-state index in [9.17, 15) is 0 Å². The first-order valence-electron chi connectivity index (χ1n) is 6.49. The Morgan fingerprint density at radius 2 is 2.00 bits per heavy atom. The molecule has 0 radical (unpaired) electrons. The van der Waals surface area contributed by atoms with Crippen LogP contribution in [0, 0.1) is 18.3 Å². The average Bonchev–Trinajstić information content (AvgIpc) is 2.47. The second kappa shape index (κ2) is 6.12. The molecule has 102 valence electrons. The Balaban J connectivity index is 2.25. The van der Waals surface area contributed by atoms with Crippen molar-refractivity contribution >= 4 is 5.69 Å². The van der Waals surface area contributed by atoms with Gasteiger partial charge in [0.05, 0.1) is 18.7 Å². The molecule has 0 saturated heterocycles. The molecule has 0 aromatic heterocycles. The number of methoxy groups -OCH3 is 1. The van der Waals surface area contributed by atoms with Gasteiger partial charge in [-0.1, -0.05) is 23.8 Å². The number of nitrogens with zero attached hydrogens (tertiary/aromatic N) is 2. The summed E-state index contributed by atoms with van der Waals surface area (Å²) in [5, 5.41) is 8.96. The predicted molar refractivity (Wildman–Crippen MR) is 81.0 cm³/mol. The lowest BCUT2D eigenvalue weighted by molar-refractivity contribution is 0.409. The smallest absolute Gasteiger partial charge is 0.123 e. The Kier molecular flexibility index (Phi) is 4.27. The molecule has 2 aromatic rings. The van der Waals surface area contributed by atoms with Crippen LogP contribution in [0.5, 0.6) is 5.75 Å². The molecule has 2 rings (SSSR count). The van der Waals surface area contributed by atoms with Crippen molar-refractivity contribution in [2.75, 3.05) is 19.1 Å². The van der Waals surface area contributed by atoms with E-state index in [1.807, 2.05) is 43.4 Å². The molecule has 0 aliphatic carbocycles. The highest BCUT2D eigenvalue weighted by atomic mass is 16.5. The fourth-order valence-corrected chi connectivity index (χ4v) is 2.19. The lowest BCUT2D eigenvalue weighted by Crippen LogP contribution is -2.17. The van der Waals surface area contributed by atoms with Crippen LogP contribution < -0.4 is 9.64 Å². The number of benzene rings is 2. The molecule has 0 atom stereocenters. The molecular weight excluding hydrogens is 248 g/mol. The van der Waals surface area contributed by atoms with E-state index in [4.69, 9.17) is 10.00 Å². The van der Waals surface area contributed by atoms with Crippen molar-refractivity contribution in [3.05, 3.63) is 59.2 Å². The number of ether oxygens (including phenoxy) is 1. The molecule has 0 amide bonds. The molecule has 0 saturated carbocycles. The van der Waals surface area contributed by atoms with Gasteiger partial charge in [-0.3, -0.25) is 0 Å². The van der Waals surface area contributed by atoms with Crippen LogP contribution >= 0.6 is 0 Å². The lowest BCUT2D eigenvalue weighted by atomic mass is 10.1. The fourth-order valence-electron chi connectivity index (χ4n) is 2.19. The van der Waals surface area contributed by atoms with Crippen LogP contribution in [0.15, 0.2) is 42.5 Å². The van der Waals surface area contributed by atoms with Crippen LogP contribution in [-0.4, -0.2) is 14.2 Å². The number of aryl methyl sites for hydroxylation is 1. The predicted octanol–water partition coefficient (Wildman–Crippen LogP) is 3.51. The summed E-state index contributed by atoms with van der Waals surface area (Å²) < 4.78 is 5.40. The second-order valence-corrected chi connectivity index (χ2v) is 4.83. The minimum absolute atomic E-state index is 0.672. The monoisotopic (exact) mass is 266 g/mol. The summed E-state index contributed by atoms with van der Waals surface area (Å²) in [7, 11) is 3.70.